The monoisotopic (exact) mass is 496 g/mol. The zero-order valence-corrected chi connectivity index (χ0v) is 20.7. The number of nitrogens with two attached hydrogens (primary N) is 1. The highest BCUT2D eigenvalue weighted by Gasteiger charge is 2.27. The number of benzene rings is 4. The van der Waals surface area contributed by atoms with E-state index >= 15 is 0 Å². The van der Waals surface area contributed by atoms with Gasteiger partial charge in [-0.3, -0.25) is 0 Å². The molecule has 0 saturated carbocycles. The van der Waals surface area contributed by atoms with Crippen molar-refractivity contribution in [3.63, 3.8) is 0 Å². The third-order valence-electron chi connectivity index (χ3n) is 6.29. The third kappa shape index (κ3) is 5.37. The first kappa shape index (κ1) is 23.9. The number of aromatic nitrogens is 3. The van der Waals surface area contributed by atoms with E-state index < -0.39 is 15.9 Å². The summed E-state index contributed by atoms with van der Waals surface area (Å²) < 4.78 is 28.9. The van der Waals surface area contributed by atoms with Crippen LogP contribution >= 0.6 is 0 Å². The van der Waals surface area contributed by atoms with Gasteiger partial charge in [0.2, 0.25) is 15.0 Å². The van der Waals surface area contributed by atoms with Gasteiger partial charge in [0.15, 0.2) is 5.82 Å². The maximum absolute atomic E-state index is 13.6. The molecule has 0 bridgehead atoms. The lowest BCUT2D eigenvalue weighted by molar-refractivity contribution is 0.530. The summed E-state index contributed by atoms with van der Waals surface area (Å²) in [4.78, 5) is 0. The van der Waals surface area contributed by atoms with Crippen molar-refractivity contribution in [2.24, 2.45) is 5.73 Å². The van der Waals surface area contributed by atoms with Crippen molar-refractivity contribution in [1.29, 1.82) is 0 Å². The molecule has 0 unspecified atom stereocenters. The normalized spacial score (nSPS) is 12.6. The van der Waals surface area contributed by atoms with Gasteiger partial charge in [-0.2, -0.15) is 0 Å². The predicted molar refractivity (Wildman–Crippen MR) is 142 cm³/mol. The number of aryl methyl sites for hydroxylation is 1. The Morgan fingerprint density at radius 1 is 0.722 bits per heavy atom. The number of nitrogens with zero attached hydrogens (tertiary/aromatic N) is 3. The molecule has 6 nitrogen and oxygen atoms in total. The molecule has 1 heterocycles. The van der Waals surface area contributed by atoms with Gasteiger partial charge < -0.3 is 10.3 Å². The Bertz CT molecular complexity index is 1570. The molecular formula is C29H28N4O2S. The Morgan fingerprint density at radius 2 is 1.36 bits per heavy atom. The summed E-state index contributed by atoms with van der Waals surface area (Å²) in [5.41, 5.74) is 9.42. The Kier molecular flexibility index (Phi) is 6.93. The first-order chi connectivity index (χ1) is 17.5. The van der Waals surface area contributed by atoms with E-state index in [0.29, 0.717) is 30.8 Å². The fraction of sp³-hybridized carbons (Fsp3) is 0.172. The second kappa shape index (κ2) is 10.4. The van der Waals surface area contributed by atoms with Crippen LogP contribution in [0.3, 0.4) is 0 Å². The molecular weight excluding hydrogens is 468 g/mol. The molecule has 1 atom stereocenters. The van der Waals surface area contributed by atoms with Crippen LogP contribution in [-0.2, 0) is 35.0 Å². The van der Waals surface area contributed by atoms with Crippen LogP contribution in [0.15, 0.2) is 108 Å². The molecule has 7 heteroatoms. The SMILES string of the molecule is N[C@@H](Cc1ccccc1)c1nnc(S(=O)(=O)Cc2ccc3ccccc3c2)n1CCc1ccccc1. The van der Waals surface area contributed by atoms with Crippen LogP contribution in [0.5, 0.6) is 0 Å². The minimum atomic E-state index is -3.77. The molecule has 36 heavy (non-hydrogen) atoms. The Morgan fingerprint density at radius 3 is 2.08 bits per heavy atom. The molecule has 0 fully saturated rings. The number of fused-ring (bicyclic) bond motifs is 1. The molecule has 0 aliphatic carbocycles. The van der Waals surface area contributed by atoms with Gasteiger partial charge in [-0.25, -0.2) is 8.42 Å². The van der Waals surface area contributed by atoms with E-state index in [4.69, 9.17) is 5.73 Å². The largest absolute Gasteiger partial charge is 0.321 e. The molecule has 4 aromatic carbocycles. The van der Waals surface area contributed by atoms with Crippen molar-refractivity contribution in [3.8, 4) is 0 Å². The van der Waals surface area contributed by atoms with Gasteiger partial charge in [-0.15, -0.1) is 10.2 Å². The fourth-order valence-corrected chi connectivity index (χ4v) is 5.91. The van der Waals surface area contributed by atoms with Gasteiger partial charge in [0, 0.05) is 6.54 Å². The summed E-state index contributed by atoms with van der Waals surface area (Å²) in [6, 6.07) is 33.0. The minimum absolute atomic E-state index is 0.0369. The molecule has 1 aromatic heterocycles. The molecule has 2 N–H and O–H groups in total. The van der Waals surface area contributed by atoms with Crippen molar-refractivity contribution in [2.45, 2.75) is 36.3 Å². The van der Waals surface area contributed by atoms with Crippen molar-refractivity contribution in [3.05, 3.63) is 126 Å². The molecule has 0 aliphatic rings. The molecule has 0 saturated heterocycles. The first-order valence-electron chi connectivity index (χ1n) is 12.0. The lowest BCUT2D eigenvalue weighted by Crippen LogP contribution is -2.22. The smallest absolute Gasteiger partial charge is 0.250 e. The van der Waals surface area contributed by atoms with Crippen LogP contribution in [0, 0.1) is 0 Å². The Hall–Kier alpha value is -3.81. The number of rotatable bonds is 9. The van der Waals surface area contributed by atoms with Crippen LogP contribution in [0.25, 0.3) is 10.8 Å². The highest BCUT2D eigenvalue weighted by Crippen LogP contribution is 2.23. The second-order valence-electron chi connectivity index (χ2n) is 8.96. The summed E-state index contributed by atoms with van der Waals surface area (Å²) in [5, 5.41) is 10.5. The lowest BCUT2D eigenvalue weighted by atomic mass is 10.1. The topological polar surface area (TPSA) is 90.9 Å². The minimum Gasteiger partial charge on any atom is -0.321 e. The third-order valence-corrected chi connectivity index (χ3v) is 7.86. The van der Waals surface area contributed by atoms with Gasteiger partial charge in [-0.1, -0.05) is 103 Å². The quantitative estimate of drug-likeness (QED) is 0.314. The van der Waals surface area contributed by atoms with Crippen LogP contribution in [-0.4, -0.2) is 23.2 Å². The maximum atomic E-state index is 13.6. The molecule has 182 valence electrons. The van der Waals surface area contributed by atoms with E-state index in [1.54, 1.807) is 4.57 Å². The highest BCUT2D eigenvalue weighted by molar-refractivity contribution is 7.90. The maximum Gasteiger partial charge on any atom is 0.250 e. The van der Waals surface area contributed by atoms with E-state index in [0.717, 1.165) is 21.9 Å². The van der Waals surface area contributed by atoms with E-state index in [2.05, 4.69) is 10.2 Å². The van der Waals surface area contributed by atoms with Crippen LogP contribution in [0.2, 0.25) is 0 Å². The summed E-state index contributed by atoms with van der Waals surface area (Å²) in [7, 11) is -3.77. The molecule has 0 spiro atoms. The van der Waals surface area contributed by atoms with E-state index in [1.165, 1.54) is 0 Å². The Labute approximate surface area is 211 Å². The van der Waals surface area contributed by atoms with Crippen molar-refractivity contribution >= 4 is 20.6 Å². The van der Waals surface area contributed by atoms with Gasteiger partial charge in [0.05, 0.1) is 11.8 Å². The standard InChI is InChI=1S/C29H28N4O2S/c30-27(20-23-11-5-2-6-12-23)28-31-32-29(33(28)18-17-22-9-3-1-4-10-22)36(34,35)21-24-15-16-25-13-7-8-14-26(25)19-24/h1-16,19,27H,17-18,20-21,30H2/t27-/m0/s1. The average molecular weight is 497 g/mol. The fourth-order valence-electron chi connectivity index (χ4n) is 4.47. The Balaban J connectivity index is 1.47. The van der Waals surface area contributed by atoms with Crippen LogP contribution in [0.4, 0.5) is 0 Å². The molecule has 5 rings (SSSR count). The molecule has 0 aliphatic heterocycles. The van der Waals surface area contributed by atoms with Crippen molar-refractivity contribution < 1.29 is 8.42 Å². The summed E-state index contributed by atoms with van der Waals surface area (Å²) in [6.07, 6.45) is 1.18. The first-order valence-corrected chi connectivity index (χ1v) is 13.6. The zero-order valence-electron chi connectivity index (χ0n) is 19.9. The van der Waals surface area contributed by atoms with E-state index in [1.807, 2.05) is 103 Å². The average Bonchev–Trinajstić information content (AvgIpc) is 3.34. The number of sulfone groups is 1. The van der Waals surface area contributed by atoms with Gasteiger partial charge in [0.1, 0.15) is 0 Å². The van der Waals surface area contributed by atoms with Gasteiger partial charge in [-0.05, 0) is 40.3 Å². The van der Waals surface area contributed by atoms with Crippen LogP contribution < -0.4 is 5.73 Å². The summed E-state index contributed by atoms with van der Waals surface area (Å²) in [5.74, 6) is 0.321. The predicted octanol–water partition coefficient (Wildman–Crippen LogP) is 4.89. The van der Waals surface area contributed by atoms with Crippen molar-refractivity contribution in [2.75, 3.05) is 0 Å². The second-order valence-corrected chi connectivity index (χ2v) is 10.8. The van der Waals surface area contributed by atoms with Gasteiger partial charge in [0.25, 0.3) is 0 Å². The van der Waals surface area contributed by atoms with Crippen molar-refractivity contribution in [1.82, 2.24) is 14.8 Å². The van der Waals surface area contributed by atoms with E-state index in [-0.39, 0.29) is 10.9 Å². The summed E-state index contributed by atoms with van der Waals surface area (Å²) in [6.45, 7) is 0.418. The van der Waals surface area contributed by atoms with E-state index in [9.17, 15) is 8.42 Å². The lowest BCUT2D eigenvalue weighted by Gasteiger charge is -2.15. The highest BCUT2D eigenvalue weighted by atomic mass is 32.2. The summed E-state index contributed by atoms with van der Waals surface area (Å²) >= 11 is 0. The van der Waals surface area contributed by atoms with Gasteiger partial charge >= 0.3 is 0 Å². The molecule has 0 radical (unpaired) electrons. The zero-order chi connectivity index (χ0) is 25.0. The molecule has 5 aromatic rings. The molecule has 0 amide bonds. The number of hydrogen-bond acceptors (Lipinski definition) is 5. The van der Waals surface area contributed by atoms with Crippen LogP contribution in [0.1, 0.15) is 28.6 Å². The number of hydrogen-bond donors (Lipinski definition) is 1.